The van der Waals surface area contributed by atoms with Gasteiger partial charge in [-0.1, -0.05) is 35.9 Å². The van der Waals surface area contributed by atoms with Crippen molar-refractivity contribution in [3.63, 3.8) is 0 Å². The Balaban J connectivity index is 1.90. The molecular weight excluding hydrogens is 364 g/mol. The highest BCUT2D eigenvalue weighted by Crippen LogP contribution is 2.11. The van der Waals surface area contributed by atoms with Crippen LogP contribution >= 0.6 is 0 Å². The van der Waals surface area contributed by atoms with Crippen molar-refractivity contribution in [3.05, 3.63) is 81.8 Å². The molecule has 8 heteroatoms. The maximum absolute atomic E-state index is 12.7. The van der Waals surface area contributed by atoms with Crippen LogP contribution in [0.15, 0.2) is 69.4 Å². The smallest absolute Gasteiger partial charge is 0.280 e. The fourth-order valence-corrected chi connectivity index (χ4v) is 3.46. The van der Waals surface area contributed by atoms with Crippen LogP contribution in [0.3, 0.4) is 0 Å². The number of aryl methyl sites for hydroxylation is 1. The molecule has 3 rings (SSSR count). The van der Waals surface area contributed by atoms with Crippen molar-refractivity contribution in [2.75, 3.05) is 0 Å². The van der Waals surface area contributed by atoms with E-state index in [0.717, 1.165) is 5.56 Å². The maximum Gasteiger partial charge on any atom is 0.280 e. The minimum atomic E-state index is -3.79. The Kier molecular flexibility index (Phi) is 5.00. The number of nitrogens with zero attached hydrogens (tertiary/aromatic N) is 3. The molecule has 0 saturated carbocycles. The van der Waals surface area contributed by atoms with Gasteiger partial charge < -0.3 is 0 Å². The molecule has 0 amide bonds. The Morgan fingerprint density at radius 2 is 1.63 bits per heavy atom. The largest absolute Gasteiger partial charge is 0.285 e. The normalized spacial score (nSPS) is 11.8. The maximum atomic E-state index is 12.7. The third-order valence-electron chi connectivity index (χ3n) is 4.30. The van der Waals surface area contributed by atoms with Gasteiger partial charge in [0.15, 0.2) is 0 Å². The zero-order valence-corrected chi connectivity index (χ0v) is 16.1. The fourth-order valence-electron chi connectivity index (χ4n) is 2.67. The van der Waals surface area contributed by atoms with Gasteiger partial charge in [-0.25, -0.2) is 9.51 Å². The highest BCUT2D eigenvalue weighted by Gasteiger charge is 2.15. The first kappa shape index (κ1) is 18.7. The Morgan fingerprint density at radius 1 is 1.00 bits per heavy atom. The second-order valence-corrected chi connectivity index (χ2v) is 7.80. The lowest BCUT2D eigenvalue weighted by Crippen LogP contribution is -2.22. The molecule has 140 valence electrons. The molecule has 2 aromatic carbocycles. The molecule has 0 radical (unpaired) electrons. The van der Waals surface area contributed by atoms with Gasteiger partial charge in [0.1, 0.15) is 0 Å². The van der Waals surface area contributed by atoms with Crippen LogP contribution < -0.4 is 10.4 Å². The van der Waals surface area contributed by atoms with Gasteiger partial charge in [-0.15, -0.1) is 0 Å². The Bertz CT molecular complexity index is 1140. The summed E-state index contributed by atoms with van der Waals surface area (Å²) in [6.07, 6.45) is 1.24. The van der Waals surface area contributed by atoms with Gasteiger partial charge in [-0.3, -0.25) is 9.48 Å². The van der Waals surface area contributed by atoms with E-state index >= 15 is 0 Å². The van der Waals surface area contributed by atoms with Crippen LogP contribution in [0.25, 0.3) is 5.69 Å². The van der Waals surface area contributed by atoms with Gasteiger partial charge >= 0.3 is 0 Å². The van der Waals surface area contributed by atoms with Crippen molar-refractivity contribution in [1.82, 2.24) is 14.2 Å². The fraction of sp³-hybridized carbons (Fsp3) is 0.158. The predicted octanol–water partition coefficient (Wildman–Crippen LogP) is 2.11. The van der Waals surface area contributed by atoms with E-state index in [1.165, 1.54) is 23.0 Å². The molecule has 0 aliphatic carbocycles. The zero-order chi connectivity index (χ0) is 19.6. The van der Waals surface area contributed by atoms with E-state index < -0.39 is 10.0 Å². The molecular formula is C19H20N4O3S. The van der Waals surface area contributed by atoms with E-state index in [4.69, 9.17) is 0 Å². The molecule has 3 aromatic rings. The lowest BCUT2D eigenvalue weighted by atomic mass is 10.2. The highest BCUT2D eigenvalue weighted by molar-refractivity contribution is 7.89. The summed E-state index contributed by atoms with van der Waals surface area (Å²) >= 11 is 0. The highest BCUT2D eigenvalue weighted by atomic mass is 32.2. The lowest BCUT2D eigenvalue weighted by molar-refractivity contribution is 0.584. The van der Waals surface area contributed by atoms with Crippen molar-refractivity contribution < 1.29 is 8.42 Å². The average molecular weight is 384 g/mol. The third-order valence-corrected chi connectivity index (χ3v) is 5.54. The van der Waals surface area contributed by atoms with Gasteiger partial charge in [0.2, 0.25) is 0 Å². The van der Waals surface area contributed by atoms with Gasteiger partial charge in [0, 0.05) is 12.7 Å². The summed E-state index contributed by atoms with van der Waals surface area (Å²) in [5.41, 5.74) is 2.38. The number of hydrazone groups is 1. The van der Waals surface area contributed by atoms with Gasteiger partial charge in [0.05, 0.1) is 22.4 Å². The summed E-state index contributed by atoms with van der Waals surface area (Å²) in [6.45, 7) is 3.65. The minimum absolute atomic E-state index is 0.108. The molecule has 0 atom stereocenters. The van der Waals surface area contributed by atoms with Crippen molar-refractivity contribution in [2.45, 2.75) is 18.7 Å². The Hall–Kier alpha value is -3.13. The van der Waals surface area contributed by atoms with E-state index in [1.54, 1.807) is 30.8 Å². The number of nitrogens with one attached hydrogen (secondary N) is 1. The van der Waals surface area contributed by atoms with Crippen LogP contribution in [0, 0.1) is 13.8 Å². The summed E-state index contributed by atoms with van der Waals surface area (Å²) in [5, 5.41) is 3.79. The van der Waals surface area contributed by atoms with E-state index in [0.29, 0.717) is 16.9 Å². The van der Waals surface area contributed by atoms with Crippen LogP contribution in [0.4, 0.5) is 0 Å². The molecule has 27 heavy (non-hydrogen) atoms. The molecule has 1 heterocycles. The predicted molar refractivity (Wildman–Crippen MR) is 105 cm³/mol. The van der Waals surface area contributed by atoms with Gasteiger partial charge in [-0.05, 0) is 38.1 Å². The van der Waals surface area contributed by atoms with E-state index in [1.807, 2.05) is 37.3 Å². The van der Waals surface area contributed by atoms with Crippen LogP contribution in [0.2, 0.25) is 0 Å². The molecule has 0 unspecified atom stereocenters. The van der Waals surface area contributed by atoms with E-state index in [9.17, 15) is 13.2 Å². The SMILES string of the molecule is Cc1ccc(S(=O)(=O)NN=Cc2c(C)n(C)n(-c3ccccc3)c2=O)cc1. The summed E-state index contributed by atoms with van der Waals surface area (Å²) in [5.74, 6) is 0. The number of hydrogen-bond donors (Lipinski definition) is 1. The molecule has 0 fully saturated rings. The second-order valence-electron chi connectivity index (χ2n) is 6.14. The first-order chi connectivity index (χ1) is 12.8. The quantitative estimate of drug-likeness (QED) is 0.540. The molecule has 0 aliphatic rings. The number of benzene rings is 2. The zero-order valence-electron chi connectivity index (χ0n) is 15.2. The lowest BCUT2D eigenvalue weighted by Gasteiger charge is -2.07. The Morgan fingerprint density at radius 3 is 2.26 bits per heavy atom. The summed E-state index contributed by atoms with van der Waals surface area (Å²) in [4.78, 5) is 15.0. The monoisotopic (exact) mass is 384 g/mol. The summed E-state index contributed by atoms with van der Waals surface area (Å²) in [7, 11) is -2.03. The van der Waals surface area contributed by atoms with Crippen molar-refractivity contribution in [2.24, 2.45) is 12.1 Å². The van der Waals surface area contributed by atoms with E-state index in [-0.39, 0.29) is 10.5 Å². The van der Waals surface area contributed by atoms with Crippen molar-refractivity contribution >= 4 is 16.2 Å². The molecule has 7 nitrogen and oxygen atoms in total. The molecule has 0 bridgehead atoms. The number of rotatable bonds is 5. The first-order valence-corrected chi connectivity index (χ1v) is 9.75. The topological polar surface area (TPSA) is 85.5 Å². The number of sulfonamides is 1. The van der Waals surface area contributed by atoms with Gasteiger partial charge in [-0.2, -0.15) is 13.5 Å². The first-order valence-electron chi connectivity index (χ1n) is 8.27. The summed E-state index contributed by atoms with van der Waals surface area (Å²) < 4.78 is 27.8. The Labute approximate surface area is 157 Å². The van der Waals surface area contributed by atoms with Crippen molar-refractivity contribution in [3.8, 4) is 5.69 Å². The number of hydrogen-bond acceptors (Lipinski definition) is 4. The molecule has 1 N–H and O–H groups in total. The van der Waals surface area contributed by atoms with Crippen LogP contribution in [-0.4, -0.2) is 24.0 Å². The molecule has 1 aromatic heterocycles. The van der Waals surface area contributed by atoms with E-state index in [2.05, 4.69) is 9.93 Å². The average Bonchev–Trinajstić information content (AvgIpc) is 2.86. The van der Waals surface area contributed by atoms with Crippen LogP contribution in [0.5, 0.6) is 0 Å². The van der Waals surface area contributed by atoms with Crippen LogP contribution in [0.1, 0.15) is 16.8 Å². The molecule has 0 aliphatic heterocycles. The van der Waals surface area contributed by atoms with Gasteiger partial charge in [0.25, 0.3) is 15.6 Å². The number of aromatic nitrogens is 2. The third kappa shape index (κ3) is 3.70. The summed E-state index contributed by atoms with van der Waals surface area (Å²) in [6, 6.07) is 15.6. The second kappa shape index (κ2) is 7.24. The number of para-hydroxylation sites is 1. The minimum Gasteiger partial charge on any atom is -0.285 e. The van der Waals surface area contributed by atoms with Crippen molar-refractivity contribution in [1.29, 1.82) is 0 Å². The van der Waals surface area contributed by atoms with Crippen LogP contribution in [-0.2, 0) is 17.1 Å². The molecule has 0 saturated heterocycles. The molecule has 0 spiro atoms. The standard InChI is InChI=1S/C19H20N4O3S/c1-14-9-11-17(12-10-14)27(25,26)21-20-13-18-15(2)22(3)23(19(18)24)16-7-5-4-6-8-16/h4-13,21H,1-3H3.